The van der Waals surface area contributed by atoms with Gasteiger partial charge in [0.1, 0.15) is 5.15 Å². The zero-order chi connectivity index (χ0) is 11.2. The molecule has 1 fully saturated rings. The van der Waals surface area contributed by atoms with Gasteiger partial charge in [-0.1, -0.05) is 17.7 Å². The quantitative estimate of drug-likeness (QED) is 0.861. The van der Waals surface area contributed by atoms with Crippen LogP contribution in [0.3, 0.4) is 0 Å². The van der Waals surface area contributed by atoms with Crippen molar-refractivity contribution in [1.82, 2.24) is 10.3 Å². The molecule has 0 radical (unpaired) electrons. The van der Waals surface area contributed by atoms with Gasteiger partial charge in [0.05, 0.1) is 0 Å². The number of hydrogen-bond acceptors (Lipinski definition) is 3. The van der Waals surface area contributed by atoms with Crippen molar-refractivity contribution in [2.75, 3.05) is 18.8 Å². The smallest absolute Gasteiger partial charge is 0.129 e. The van der Waals surface area contributed by atoms with Crippen LogP contribution >= 0.6 is 35.8 Å². The molecule has 1 aliphatic heterocycles. The zero-order valence-electron chi connectivity index (χ0n) is 9.69. The lowest BCUT2D eigenvalue weighted by Gasteiger charge is -2.21. The van der Waals surface area contributed by atoms with Crippen LogP contribution in [0.5, 0.6) is 0 Å². The van der Waals surface area contributed by atoms with Crippen LogP contribution in [-0.2, 0) is 5.75 Å². The van der Waals surface area contributed by atoms with Crippen LogP contribution < -0.4 is 5.32 Å². The highest BCUT2D eigenvalue weighted by Crippen LogP contribution is 2.21. The maximum absolute atomic E-state index is 5.74. The summed E-state index contributed by atoms with van der Waals surface area (Å²) < 4.78 is 0. The van der Waals surface area contributed by atoms with Gasteiger partial charge >= 0.3 is 0 Å². The van der Waals surface area contributed by atoms with Gasteiger partial charge in [0.2, 0.25) is 0 Å². The highest BCUT2D eigenvalue weighted by Gasteiger charge is 2.12. The van der Waals surface area contributed by atoms with Gasteiger partial charge in [-0.2, -0.15) is 11.8 Å². The summed E-state index contributed by atoms with van der Waals surface area (Å²) in [6.07, 6.45) is 4.52. The molecule has 1 saturated heterocycles. The minimum Gasteiger partial charge on any atom is -0.317 e. The maximum atomic E-state index is 5.74. The van der Waals surface area contributed by atoms with Crippen molar-refractivity contribution in [3.8, 4) is 0 Å². The monoisotopic (exact) mass is 292 g/mol. The van der Waals surface area contributed by atoms with Crippen LogP contribution in [-0.4, -0.2) is 23.8 Å². The van der Waals surface area contributed by atoms with Gasteiger partial charge in [0.15, 0.2) is 0 Å². The van der Waals surface area contributed by atoms with Gasteiger partial charge in [-0.15, -0.1) is 12.4 Å². The number of hydrogen-bond donors (Lipinski definition) is 1. The van der Waals surface area contributed by atoms with Crippen LogP contribution in [0.25, 0.3) is 0 Å². The van der Waals surface area contributed by atoms with Crippen molar-refractivity contribution < 1.29 is 0 Å². The second-order valence-corrected chi connectivity index (χ2v) is 5.62. The molecule has 0 saturated carbocycles. The largest absolute Gasteiger partial charge is 0.317 e. The van der Waals surface area contributed by atoms with E-state index in [0.717, 1.165) is 11.7 Å². The van der Waals surface area contributed by atoms with E-state index in [0.29, 0.717) is 5.15 Å². The van der Waals surface area contributed by atoms with E-state index in [2.05, 4.69) is 16.4 Å². The minimum atomic E-state index is 0. The molecule has 2 heterocycles. The van der Waals surface area contributed by atoms with E-state index in [9.17, 15) is 0 Å². The molecule has 0 spiro atoms. The molecule has 1 aromatic rings. The molecule has 17 heavy (non-hydrogen) atoms. The Kier molecular flexibility index (Phi) is 7.28. The lowest BCUT2D eigenvalue weighted by molar-refractivity contribution is 0.408. The molecule has 0 aliphatic carbocycles. The van der Waals surface area contributed by atoms with Crippen LogP contribution in [0, 0.1) is 5.92 Å². The highest BCUT2D eigenvalue weighted by atomic mass is 35.5. The molecule has 0 bridgehead atoms. The third-order valence-electron chi connectivity index (χ3n) is 2.87. The fourth-order valence-corrected chi connectivity index (χ4v) is 3.19. The third kappa shape index (κ3) is 5.47. The van der Waals surface area contributed by atoms with Gasteiger partial charge in [-0.05, 0) is 49.2 Å². The van der Waals surface area contributed by atoms with Crippen molar-refractivity contribution >= 4 is 35.8 Å². The van der Waals surface area contributed by atoms with Crippen molar-refractivity contribution in [2.24, 2.45) is 5.92 Å². The predicted molar refractivity (Wildman–Crippen MR) is 78.3 cm³/mol. The van der Waals surface area contributed by atoms with E-state index in [1.54, 1.807) is 0 Å². The Morgan fingerprint density at radius 3 is 2.76 bits per heavy atom. The summed E-state index contributed by atoms with van der Waals surface area (Å²) in [6.45, 7) is 2.38. The molecule has 0 amide bonds. The van der Waals surface area contributed by atoms with Crippen molar-refractivity contribution in [3.05, 3.63) is 29.0 Å². The van der Waals surface area contributed by atoms with E-state index in [-0.39, 0.29) is 12.4 Å². The third-order valence-corrected chi connectivity index (χ3v) is 4.34. The first-order valence-electron chi connectivity index (χ1n) is 5.73. The Hall–Kier alpha value is 0.0400. The highest BCUT2D eigenvalue weighted by molar-refractivity contribution is 7.98. The Bertz CT molecular complexity index is 313. The summed E-state index contributed by atoms with van der Waals surface area (Å²) in [7, 11) is 0. The molecular formula is C12H18Cl2N2S. The fraction of sp³-hybridized carbons (Fsp3) is 0.583. The van der Waals surface area contributed by atoms with Crippen LogP contribution in [0.2, 0.25) is 5.15 Å². The van der Waals surface area contributed by atoms with Crippen molar-refractivity contribution in [2.45, 2.75) is 18.6 Å². The minimum absolute atomic E-state index is 0. The topological polar surface area (TPSA) is 24.9 Å². The van der Waals surface area contributed by atoms with Crippen LogP contribution in [0.1, 0.15) is 18.4 Å². The van der Waals surface area contributed by atoms with E-state index in [1.165, 1.54) is 37.2 Å². The molecule has 2 rings (SSSR count). The van der Waals surface area contributed by atoms with Gasteiger partial charge < -0.3 is 5.32 Å². The molecule has 1 aromatic heterocycles. The second-order valence-electron chi connectivity index (χ2n) is 4.20. The van der Waals surface area contributed by atoms with Gasteiger partial charge in [0, 0.05) is 11.9 Å². The van der Waals surface area contributed by atoms with Crippen LogP contribution in [0.4, 0.5) is 0 Å². The first kappa shape index (κ1) is 15.1. The molecule has 0 unspecified atom stereocenters. The number of piperidine rings is 1. The van der Waals surface area contributed by atoms with Crippen molar-refractivity contribution in [1.29, 1.82) is 0 Å². The van der Waals surface area contributed by atoms with E-state index in [4.69, 9.17) is 11.6 Å². The summed E-state index contributed by atoms with van der Waals surface area (Å²) >= 11 is 7.75. The van der Waals surface area contributed by atoms with Gasteiger partial charge in [0.25, 0.3) is 0 Å². The first-order chi connectivity index (χ1) is 7.84. The summed E-state index contributed by atoms with van der Waals surface area (Å²) in [4.78, 5) is 4.09. The van der Waals surface area contributed by atoms with Gasteiger partial charge in [-0.3, -0.25) is 0 Å². The predicted octanol–water partition coefficient (Wildman–Crippen LogP) is 3.39. The summed E-state index contributed by atoms with van der Waals surface area (Å²) in [5.41, 5.74) is 1.27. The fourth-order valence-electron chi connectivity index (χ4n) is 1.88. The number of halogens is 2. The van der Waals surface area contributed by atoms with E-state index in [1.807, 2.05) is 24.0 Å². The van der Waals surface area contributed by atoms with E-state index < -0.39 is 0 Å². The maximum Gasteiger partial charge on any atom is 0.129 e. The lowest BCUT2D eigenvalue weighted by atomic mass is 10.0. The molecule has 96 valence electrons. The van der Waals surface area contributed by atoms with Gasteiger partial charge in [-0.25, -0.2) is 4.98 Å². The summed E-state index contributed by atoms with van der Waals surface area (Å²) in [5, 5.41) is 3.97. The average molecular weight is 293 g/mol. The molecule has 0 aromatic carbocycles. The summed E-state index contributed by atoms with van der Waals surface area (Å²) in [5.74, 6) is 3.21. The molecule has 2 nitrogen and oxygen atoms in total. The second kappa shape index (κ2) is 8.20. The normalized spacial score (nSPS) is 16.5. The Balaban J connectivity index is 0.00000144. The molecular weight excluding hydrogens is 275 g/mol. The molecule has 0 atom stereocenters. The number of thioether (sulfide) groups is 1. The number of nitrogens with zero attached hydrogens (tertiary/aromatic N) is 1. The Morgan fingerprint density at radius 1 is 1.35 bits per heavy atom. The summed E-state index contributed by atoms with van der Waals surface area (Å²) in [6, 6.07) is 3.92. The van der Waals surface area contributed by atoms with Crippen LogP contribution in [0.15, 0.2) is 18.3 Å². The number of nitrogens with one attached hydrogen (secondary N) is 1. The first-order valence-corrected chi connectivity index (χ1v) is 7.27. The molecule has 1 aliphatic rings. The lowest BCUT2D eigenvalue weighted by Crippen LogP contribution is -2.28. The average Bonchev–Trinajstić information content (AvgIpc) is 2.33. The SMILES string of the molecule is Cl.Clc1ccc(CSCC2CCNCC2)cn1. The molecule has 1 N–H and O–H groups in total. The Morgan fingerprint density at radius 2 is 2.12 bits per heavy atom. The number of aromatic nitrogens is 1. The number of rotatable bonds is 4. The zero-order valence-corrected chi connectivity index (χ0v) is 12.1. The number of pyridine rings is 1. The van der Waals surface area contributed by atoms with E-state index >= 15 is 0 Å². The standard InChI is InChI=1S/C12H17ClN2S.ClH/c13-12-2-1-11(7-15-12)9-16-8-10-3-5-14-6-4-10;/h1-2,7,10,14H,3-6,8-9H2;1H. The Labute approximate surface area is 118 Å². The van der Waals surface area contributed by atoms with Crippen molar-refractivity contribution in [3.63, 3.8) is 0 Å². The molecule has 5 heteroatoms.